The van der Waals surface area contributed by atoms with Gasteiger partial charge in [-0.3, -0.25) is 4.79 Å². The number of carbonyl (C=O) groups excluding carboxylic acids is 1. The molecule has 4 rings (SSSR count). The summed E-state index contributed by atoms with van der Waals surface area (Å²) < 4.78 is 11.6. The van der Waals surface area contributed by atoms with Gasteiger partial charge in [-0.25, -0.2) is 5.26 Å². The van der Waals surface area contributed by atoms with Gasteiger partial charge in [-0.15, -0.1) is 0 Å². The van der Waals surface area contributed by atoms with Gasteiger partial charge in [0.1, 0.15) is 0 Å². The molecule has 0 saturated carbocycles. The molecule has 0 fully saturated rings. The zero-order valence-corrected chi connectivity index (χ0v) is 16.7. The zero-order valence-electron chi connectivity index (χ0n) is 15.8. The minimum Gasteiger partial charge on any atom is -0.565 e. The van der Waals surface area contributed by atoms with Crippen LogP contribution in [-0.2, 0) is 26.9 Å². The molecular weight excluding hydrogens is 395 g/mol. The number of para-hydroxylation sites is 1. The van der Waals surface area contributed by atoms with Gasteiger partial charge in [0.15, 0.2) is 0 Å². The lowest BCUT2D eigenvalue weighted by Gasteiger charge is -2.15. The Balaban J connectivity index is 0.000000241. The third-order valence-corrected chi connectivity index (χ3v) is 4.65. The third-order valence-electron chi connectivity index (χ3n) is 4.52. The van der Waals surface area contributed by atoms with E-state index < -0.39 is 8.25 Å². The molecule has 9 heteroatoms. The maximum Gasteiger partial charge on any atom is 0.521 e. The number of rotatable bonds is 1. The normalized spacial score (nSPS) is 16.6. The predicted octanol–water partition coefficient (Wildman–Crippen LogP) is 3.90. The van der Waals surface area contributed by atoms with Crippen molar-refractivity contribution in [1.29, 1.82) is 0 Å². The smallest absolute Gasteiger partial charge is 0.521 e. The Bertz CT molecular complexity index is 878. The Kier molecular flexibility index (Phi) is 9.40. The molecule has 1 aliphatic heterocycles. The maximum absolute atomic E-state index is 11.1. The Morgan fingerprint density at radius 3 is 2.28 bits per heavy atom. The van der Waals surface area contributed by atoms with E-state index in [4.69, 9.17) is 19.9 Å². The Morgan fingerprint density at radius 2 is 1.59 bits per heavy atom. The van der Waals surface area contributed by atoms with Crippen molar-refractivity contribution in [2.45, 2.75) is 38.5 Å². The first kappa shape index (κ1) is 22.6. The molecule has 2 aromatic carbocycles. The van der Waals surface area contributed by atoms with Crippen LogP contribution in [-0.4, -0.2) is 22.1 Å². The van der Waals surface area contributed by atoms with E-state index in [2.05, 4.69) is 27.3 Å². The van der Waals surface area contributed by atoms with E-state index in [1.807, 2.05) is 36.4 Å². The highest BCUT2D eigenvalue weighted by Crippen LogP contribution is 2.21. The summed E-state index contributed by atoms with van der Waals surface area (Å²) in [5.41, 5.74) is 5.49. The SMILES string of the molecule is O/N=C1\CCCc2ccccc21.O=C1CCCc2ccccc2N1.O=[P+]([O-])OO.[HH]. The molecule has 1 atom stereocenters. The number of benzene rings is 2. The molecule has 2 aromatic rings. The fraction of sp³-hybridized carbons (Fsp3) is 0.300. The topological polar surface area (TPSA) is 131 Å². The fourth-order valence-electron chi connectivity index (χ4n) is 3.22. The Labute approximate surface area is 171 Å². The van der Waals surface area contributed by atoms with Gasteiger partial charge in [0.2, 0.25) is 5.91 Å². The van der Waals surface area contributed by atoms with Gasteiger partial charge in [0, 0.05) is 23.8 Å². The Hall–Kier alpha value is -2.64. The second-order valence-corrected chi connectivity index (χ2v) is 7.03. The number of nitrogens with zero attached hydrogens (tertiary/aromatic N) is 1. The molecular formula is C20H25N2O6P. The van der Waals surface area contributed by atoms with Gasteiger partial charge in [0.25, 0.3) is 0 Å². The van der Waals surface area contributed by atoms with Gasteiger partial charge in [-0.2, -0.15) is 0 Å². The van der Waals surface area contributed by atoms with Crippen LogP contribution >= 0.6 is 8.25 Å². The number of oxime groups is 1. The summed E-state index contributed by atoms with van der Waals surface area (Å²) in [5, 5.41) is 22.0. The number of amides is 1. The van der Waals surface area contributed by atoms with Crippen LogP contribution in [0.3, 0.4) is 0 Å². The Morgan fingerprint density at radius 1 is 1.00 bits per heavy atom. The number of carbonyl (C=O) groups is 1. The summed E-state index contributed by atoms with van der Waals surface area (Å²) in [4.78, 5) is 20.1. The summed E-state index contributed by atoms with van der Waals surface area (Å²) in [6, 6.07) is 16.1. The van der Waals surface area contributed by atoms with Crippen molar-refractivity contribution in [1.82, 2.24) is 0 Å². The lowest BCUT2D eigenvalue weighted by Crippen LogP contribution is -2.11. The molecule has 1 heterocycles. The van der Waals surface area contributed by atoms with Crippen molar-refractivity contribution < 1.29 is 30.8 Å². The van der Waals surface area contributed by atoms with E-state index in [-0.39, 0.29) is 7.33 Å². The number of aryl methyl sites for hydroxylation is 2. The third kappa shape index (κ3) is 7.36. The summed E-state index contributed by atoms with van der Waals surface area (Å²) in [5.74, 6) is 0.139. The van der Waals surface area contributed by atoms with Gasteiger partial charge in [0.05, 0.1) is 5.71 Å². The minimum atomic E-state index is -3.04. The molecule has 29 heavy (non-hydrogen) atoms. The average Bonchev–Trinajstić information content (AvgIpc) is 2.94. The van der Waals surface area contributed by atoms with Crippen LogP contribution in [0, 0.1) is 0 Å². The lowest BCUT2D eigenvalue weighted by molar-refractivity contribution is -0.244. The first-order valence-electron chi connectivity index (χ1n) is 9.18. The molecule has 1 unspecified atom stereocenters. The number of hydrogen-bond donors (Lipinski definition) is 3. The van der Waals surface area contributed by atoms with Crippen molar-refractivity contribution in [3.05, 3.63) is 65.2 Å². The molecule has 156 valence electrons. The molecule has 1 aliphatic carbocycles. The lowest BCUT2D eigenvalue weighted by atomic mass is 9.90. The summed E-state index contributed by atoms with van der Waals surface area (Å²) in [6.07, 6.45) is 5.71. The van der Waals surface area contributed by atoms with E-state index in [0.29, 0.717) is 6.42 Å². The van der Waals surface area contributed by atoms with Crippen LogP contribution in [0.5, 0.6) is 0 Å². The fourth-order valence-corrected chi connectivity index (χ4v) is 3.22. The van der Waals surface area contributed by atoms with Crippen LogP contribution in [0.4, 0.5) is 5.69 Å². The number of hydrogen-bond acceptors (Lipinski definition) is 7. The molecule has 0 aromatic heterocycles. The van der Waals surface area contributed by atoms with Crippen molar-refractivity contribution in [2.24, 2.45) is 5.16 Å². The molecule has 0 bridgehead atoms. The second-order valence-electron chi connectivity index (χ2n) is 6.42. The largest absolute Gasteiger partial charge is 0.565 e. The van der Waals surface area contributed by atoms with Crippen LogP contribution < -0.4 is 10.2 Å². The van der Waals surface area contributed by atoms with Gasteiger partial charge < -0.3 is 15.4 Å². The van der Waals surface area contributed by atoms with Gasteiger partial charge in [-0.1, -0.05) is 47.6 Å². The average molecular weight is 420 g/mol. The molecule has 3 N–H and O–H groups in total. The van der Waals surface area contributed by atoms with Crippen molar-refractivity contribution in [3.8, 4) is 0 Å². The van der Waals surface area contributed by atoms with Crippen LogP contribution in [0.1, 0.15) is 43.8 Å². The van der Waals surface area contributed by atoms with E-state index >= 15 is 0 Å². The highest BCUT2D eigenvalue weighted by molar-refractivity contribution is 7.30. The molecule has 8 nitrogen and oxygen atoms in total. The molecule has 0 radical (unpaired) electrons. The second kappa shape index (κ2) is 12.0. The molecule has 0 spiro atoms. The maximum atomic E-state index is 11.1. The molecule has 0 saturated heterocycles. The van der Waals surface area contributed by atoms with E-state index in [0.717, 1.165) is 49.1 Å². The zero-order chi connectivity index (χ0) is 21.1. The van der Waals surface area contributed by atoms with Crippen LogP contribution in [0.25, 0.3) is 0 Å². The quantitative estimate of drug-likeness (QED) is 0.277. The number of fused-ring (bicyclic) bond motifs is 2. The van der Waals surface area contributed by atoms with E-state index in [9.17, 15) is 4.79 Å². The molecule has 1 amide bonds. The first-order valence-corrected chi connectivity index (χ1v) is 10.3. The van der Waals surface area contributed by atoms with Crippen molar-refractivity contribution >= 4 is 25.6 Å². The molecule has 2 aliphatic rings. The highest BCUT2D eigenvalue weighted by Gasteiger charge is 2.14. The van der Waals surface area contributed by atoms with E-state index in [1.165, 1.54) is 11.1 Å². The van der Waals surface area contributed by atoms with Gasteiger partial charge in [-0.05, 0) is 53.9 Å². The summed E-state index contributed by atoms with van der Waals surface area (Å²) >= 11 is 0. The van der Waals surface area contributed by atoms with Crippen LogP contribution in [0.15, 0.2) is 53.7 Å². The number of nitrogens with one attached hydrogen (secondary N) is 1. The monoisotopic (exact) mass is 420 g/mol. The summed E-state index contributed by atoms with van der Waals surface area (Å²) in [6.45, 7) is 0. The summed E-state index contributed by atoms with van der Waals surface area (Å²) in [7, 11) is -3.04. The predicted molar refractivity (Wildman–Crippen MR) is 109 cm³/mol. The van der Waals surface area contributed by atoms with E-state index in [1.54, 1.807) is 0 Å². The minimum absolute atomic E-state index is 0. The van der Waals surface area contributed by atoms with Crippen molar-refractivity contribution in [3.63, 3.8) is 0 Å². The van der Waals surface area contributed by atoms with Gasteiger partial charge >= 0.3 is 8.25 Å². The van der Waals surface area contributed by atoms with Crippen molar-refractivity contribution in [2.75, 3.05) is 5.32 Å². The standard InChI is InChI=1S/2C10H11NO.HO4P.H2/c12-10-7-3-5-8-4-1-2-6-9(8)11-10;12-11-10-7-3-5-8-4-1-2-6-9(8)10;1-4-5(2)3;/h1-2,4,6H,3,5,7H2,(H,11,12);1-2,4,6,12H,3,5,7H2;1H;1H/b;11-10+;;. The highest BCUT2D eigenvalue weighted by atomic mass is 31.1. The van der Waals surface area contributed by atoms with Crippen LogP contribution in [0.2, 0.25) is 0 Å². The number of anilines is 1. The first-order chi connectivity index (χ1) is 14.0.